The molecule has 1 amide bonds. The first kappa shape index (κ1) is 10.9. The Hall–Kier alpha value is -0.610. The molecule has 4 nitrogen and oxygen atoms in total. The summed E-state index contributed by atoms with van der Waals surface area (Å²) in [7, 11) is 0. The Kier molecular flexibility index (Phi) is 3.26. The first-order chi connectivity index (χ1) is 7.23. The minimum Gasteiger partial charge on any atom is -0.368 e. The molecule has 86 valence electrons. The van der Waals surface area contributed by atoms with Crippen LogP contribution in [0, 0.1) is 5.41 Å². The molecule has 0 aromatic carbocycles. The van der Waals surface area contributed by atoms with Crippen LogP contribution in [0.15, 0.2) is 0 Å². The van der Waals surface area contributed by atoms with Gasteiger partial charge in [0, 0.05) is 6.04 Å². The molecular formula is C11H20N2O2. The van der Waals surface area contributed by atoms with Crippen molar-refractivity contribution in [3.05, 3.63) is 0 Å². The van der Waals surface area contributed by atoms with Gasteiger partial charge in [0.2, 0.25) is 5.91 Å². The van der Waals surface area contributed by atoms with Crippen molar-refractivity contribution in [2.45, 2.75) is 51.0 Å². The number of carbonyl (C=O) groups excluding carboxylic acids is 1. The molecule has 0 saturated heterocycles. The predicted molar refractivity (Wildman–Crippen MR) is 56.8 cm³/mol. The van der Waals surface area contributed by atoms with E-state index in [1.54, 1.807) is 0 Å². The second-order valence-electron chi connectivity index (χ2n) is 4.89. The molecule has 1 spiro atoms. The molecule has 15 heavy (non-hydrogen) atoms. The van der Waals surface area contributed by atoms with Crippen molar-refractivity contribution in [2.24, 2.45) is 11.1 Å². The number of hydroxylamine groups is 1. The van der Waals surface area contributed by atoms with Gasteiger partial charge in [-0.25, -0.2) is 0 Å². The van der Waals surface area contributed by atoms with Crippen molar-refractivity contribution in [1.29, 1.82) is 0 Å². The summed E-state index contributed by atoms with van der Waals surface area (Å²) in [6.45, 7) is -0.0212. The van der Waals surface area contributed by atoms with Gasteiger partial charge >= 0.3 is 0 Å². The van der Waals surface area contributed by atoms with Gasteiger partial charge in [0.1, 0.15) is 6.61 Å². The molecule has 0 aromatic heterocycles. The number of primary amides is 1. The fraction of sp³-hybridized carbons (Fsp3) is 0.909. The first-order valence-electron chi connectivity index (χ1n) is 5.89. The third-order valence-electron chi connectivity index (χ3n) is 3.96. The van der Waals surface area contributed by atoms with Gasteiger partial charge in [-0.3, -0.25) is 9.63 Å². The van der Waals surface area contributed by atoms with Crippen LogP contribution in [0.5, 0.6) is 0 Å². The SMILES string of the molecule is NC(=O)CONC1CCC12CCCCC2. The quantitative estimate of drug-likeness (QED) is 0.686. The Morgan fingerprint density at radius 3 is 2.60 bits per heavy atom. The summed E-state index contributed by atoms with van der Waals surface area (Å²) in [5, 5.41) is 0. The zero-order valence-electron chi connectivity index (χ0n) is 9.13. The number of nitrogens with two attached hydrogens (primary N) is 1. The largest absolute Gasteiger partial charge is 0.368 e. The minimum atomic E-state index is -0.417. The number of hydrogen-bond donors (Lipinski definition) is 2. The van der Waals surface area contributed by atoms with E-state index >= 15 is 0 Å². The van der Waals surface area contributed by atoms with Crippen molar-refractivity contribution in [3.63, 3.8) is 0 Å². The molecule has 4 heteroatoms. The third kappa shape index (κ3) is 2.32. The molecule has 3 N–H and O–H groups in total. The van der Waals surface area contributed by atoms with E-state index in [1.165, 1.54) is 44.9 Å². The molecule has 0 aromatic rings. The van der Waals surface area contributed by atoms with Gasteiger partial charge in [0.15, 0.2) is 0 Å². The monoisotopic (exact) mass is 212 g/mol. The fourth-order valence-electron chi connectivity index (χ4n) is 2.95. The molecule has 1 unspecified atom stereocenters. The maximum atomic E-state index is 10.5. The summed E-state index contributed by atoms with van der Waals surface area (Å²) in [4.78, 5) is 15.6. The summed E-state index contributed by atoms with van der Waals surface area (Å²) in [5.74, 6) is -0.417. The van der Waals surface area contributed by atoms with Gasteiger partial charge < -0.3 is 5.73 Å². The van der Waals surface area contributed by atoms with Crippen molar-refractivity contribution in [3.8, 4) is 0 Å². The number of rotatable bonds is 4. The van der Waals surface area contributed by atoms with E-state index in [-0.39, 0.29) is 6.61 Å². The van der Waals surface area contributed by atoms with Crippen LogP contribution in [0.3, 0.4) is 0 Å². The first-order valence-corrected chi connectivity index (χ1v) is 5.89. The molecule has 0 aliphatic heterocycles. The van der Waals surface area contributed by atoms with Crippen LogP contribution in [0.4, 0.5) is 0 Å². The molecule has 0 bridgehead atoms. The number of hydrogen-bond acceptors (Lipinski definition) is 3. The standard InChI is InChI=1S/C11H20N2O2/c12-10(14)8-15-13-9-4-7-11(9)5-2-1-3-6-11/h9,13H,1-8H2,(H2,12,14). The molecule has 2 fully saturated rings. The normalized spacial score (nSPS) is 28.7. The van der Waals surface area contributed by atoms with Gasteiger partial charge in [0.05, 0.1) is 0 Å². The maximum absolute atomic E-state index is 10.5. The molecule has 1 atom stereocenters. The molecule has 2 rings (SSSR count). The van der Waals surface area contributed by atoms with E-state index in [2.05, 4.69) is 5.48 Å². The van der Waals surface area contributed by atoms with Crippen LogP contribution in [-0.2, 0) is 9.63 Å². The van der Waals surface area contributed by atoms with Gasteiger partial charge in [-0.05, 0) is 31.1 Å². The van der Waals surface area contributed by atoms with Crippen LogP contribution in [0.2, 0.25) is 0 Å². The Morgan fingerprint density at radius 2 is 2.07 bits per heavy atom. The second kappa shape index (κ2) is 4.49. The molecule has 0 radical (unpaired) electrons. The van der Waals surface area contributed by atoms with Crippen molar-refractivity contribution >= 4 is 5.91 Å². The van der Waals surface area contributed by atoms with E-state index in [4.69, 9.17) is 10.6 Å². The number of carbonyl (C=O) groups is 1. The lowest BCUT2D eigenvalue weighted by Crippen LogP contribution is -2.54. The lowest BCUT2D eigenvalue weighted by Gasteiger charge is -2.52. The van der Waals surface area contributed by atoms with E-state index in [0.717, 1.165) is 0 Å². The predicted octanol–water partition coefficient (Wildman–Crippen LogP) is 1.11. The zero-order chi connectivity index (χ0) is 10.7. The van der Waals surface area contributed by atoms with Crippen molar-refractivity contribution in [2.75, 3.05) is 6.61 Å². The Balaban J connectivity index is 1.75. The average Bonchev–Trinajstić information content (AvgIpc) is 2.24. The highest BCUT2D eigenvalue weighted by molar-refractivity contribution is 5.74. The van der Waals surface area contributed by atoms with Gasteiger partial charge in [-0.1, -0.05) is 19.3 Å². The minimum absolute atomic E-state index is 0.0212. The van der Waals surface area contributed by atoms with Crippen molar-refractivity contribution < 1.29 is 9.63 Å². The zero-order valence-corrected chi connectivity index (χ0v) is 9.13. The van der Waals surface area contributed by atoms with E-state index in [0.29, 0.717) is 11.5 Å². The van der Waals surface area contributed by atoms with Crippen LogP contribution >= 0.6 is 0 Å². The average molecular weight is 212 g/mol. The summed E-state index contributed by atoms with van der Waals surface area (Å²) < 4.78 is 0. The highest BCUT2D eigenvalue weighted by Crippen LogP contribution is 2.51. The summed E-state index contributed by atoms with van der Waals surface area (Å²) in [6, 6.07) is 0.442. The summed E-state index contributed by atoms with van der Waals surface area (Å²) in [6.07, 6.45) is 9.15. The van der Waals surface area contributed by atoms with Gasteiger partial charge in [-0.2, -0.15) is 5.48 Å². The molecule has 2 saturated carbocycles. The highest BCUT2D eigenvalue weighted by Gasteiger charge is 2.46. The van der Waals surface area contributed by atoms with Crippen molar-refractivity contribution in [1.82, 2.24) is 5.48 Å². The second-order valence-corrected chi connectivity index (χ2v) is 4.89. The Bertz CT molecular complexity index is 237. The molecule has 2 aliphatic carbocycles. The Morgan fingerprint density at radius 1 is 1.33 bits per heavy atom. The lowest BCUT2D eigenvalue weighted by atomic mass is 9.57. The number of nitrogens with one attached hydrogen (secondary N) is 1. The van der Waals surface area contributed by atoms with Gasteiger partial charge in [-0.15, -0.1) is 0 Å². The molecule has 0 heterocycles. The smallest absolute Gasteiger partial charge is 0.245 e. The molecular weight excluding hydrogens is 192 g/mol. The van der Waals surface area contributed by atoms with E-state index < -0.39 is 5.91 Å². The summed E-state index contributed by atoms with van der Waals surface area (Å²) in [5.41, 5.74) is 8.48. The fourth-order valence-corrected chi connectivity index (χ4v) is 2.95. The number of amides is 1. The van der Waals surface area contributed by atoms with E-state index in [1.807, 2.05) is 0 Å². The lowest BCUT2D eigenvalue weighted by molar-refractivity contribution is -0.132. The van der Waals surface area contributed by atoms with Crippen LogP contribution in [-0.4, -0.2) is 18.6 Å². The van der Waals surface area contributed by atoms with Crippen LogP contribution in [0.1, 0.15) is 44.9 Å². The molecule has 2 aliphatic rings. The topological polar surface area (TPSA) is 64.4 Å². The van der Waals surface area contributed by atoms with Gasteiger partial charge in [0.25, 0.3) is 0 Å². The van der Waals surface area contributed by atoms with Crippen LogP contribution in [0.25, 0.3) is 0 Å². The maximum Gasteiger partial charge on any atom is 0.245 e. The third-order valence-corrected chi connectivity index (χ3v) is 3.96. The highest BCUT2D eigenvalue weighted by atomic mass is 16.6. The van der Waals surface area contributed by atoms with Crippen LogP contribution < -0.4 is 11.2 Å². The summed E-state index contributed by atoms with van der Waals surface area (Å²) >= 11 is 0. The Labute approximate surface area is 90.5 Å². The van der Waals surface area contributed by atoms with E-state index in [9.17, 15) is 4.79 Å².